The predicted molar refractivity (Wildman–Crippen MR) is 61.9 cm³/mol. The first-order chi connectivity index (χ1) is 7.10. The molecule has 0 atom stereocenters. The topological polar surface area (TPSA) is 39.9 Å². The quantitative estimate of drug-likeness (QED) is 0.704. The highest BCUT2D eigenvalue weighted by atomic mass is 15.2. The minimum absolute atomic E-state index is 0.643. The fraction of sp³-hybridized carbons (Fsp3) is 0.333. The number of aromatic nitrogens is 1. The molecule has 1 heterocycles. The molecular formula is C12H15N3. The lowest BCUT2D eigenvalue weighted by Crippen LogP contribution is -2.20. The van der Waals surface area contributed by atoms with E-state index in [1.54, 1.807) is 6.08 Å². The van der Waals surface area contributed by atoms with Gasteiger partial charge < -0.3 is 4.90 Å². The first-order valence-electron chi connectivity index (χ1n) is 4.80. The summed E-state index contributed by atoms with van der Waals surface area (Å²) in [7, 11) is 1.91. The van der Waals surface area contributed by atoms with Crippen LogP contribution in [0.1, 0.15) is 16.8 Å². The standard InChI is InChI=1S/C12H15N3/c1-5-6-15(4)12-11(8-13)9(2)7-10(3)14-12/h5,7H,1,6H2,2-4H3. The summed E-state index contributed by atoms with van der Waals surface area (Å²) < 4.78 is 0. The van der Waals surface area contributed by atoms with E-state index >= 15 is 0 Å². The third-order valence-corrected chi connectivity index (χ3v) is 2.20. The summed E-state index contributed by atoms with van der Waals surface area (Å²) in [6, 6.07) is 4.11. The molecule has 78 valence electrons. The Morgan fingerprint density at radius 1 is 1.60 bits per heavy atom. The molecule has 0 fully saturated rings. The van der Waals surface area contributed by atoms with Crippen molar-refractivity contribution in [3.63, 3.8) is 0 Å². The Labute approximate surface area is 90.7 Å². The monoisotopic (exact) mass is 201 g/mol. The second-order valence-electron chi connectivity index (χ2n) is 3.56. The number of likely N-dealkylation sites (N-methyl/N-ethyl adjacent to an activating group) is 1. The van der Waals surface area contributed by atoms with Gasteiger partial charge in [0.05, 0.1) is 5.56 Å². The Hall–Kier alpha value is -1.82. The maximum atomic E-state index is 9.06. The predicted octanol–water partition coefficient (Wildman–Crippen LogP) is 2.19. The van der Waals surface area contributed by atoms with Crippen LogP contribution in [0.5, 0.6) is 0 Å². The summed E-state index contributed by atoms with van der Waals surface area (Å²) in [4.78, 5) is 6.30. The van der Waals surface area contributed by atoms with Gasteiger partial charge in [-0.15, -0.1) is 6.58 Å². The van der Waals surface area contributed by atoms with Crippen LogP contribution >= 0.6 is 0 Å². The molecule has 0 aliphatic rings. The number of rotatable bonds is 3. The number of anilines is 1. The van der Waals surface area contributed by atoms with E-state index in [0.29, 0.717) is 12.1 Å². The zero-order valence-corrected chi connectivity index (χ0v) is 9.41. The molecule has 0 N–H and O–H groups in total. The summed E-state index contributed by atoms with van der Waals surface area (Å²) in [6.07, 6.45) is 1.79. The van der Waals surface area contributed by atoms with E-state index in [0.717, 1.165) is 17.1 Å². The van der Waals surface area contributed by atoms with Gasteiger partial charge in [0.2, 0.25) is 0 Å². The number of pyridine rings is 1. The van der Waals surface area contributed by atoms with Gasteiger partial charge in [0.15, 0.2) is 0 Å². The molecule has 0 aliphatic carbocycles. The average molecular weight is 201 g/mol. The lowest BCUT2D eigenvalue weighted by molar-refractivity contribution is 0.969. The Bertz CT molecular complexity index is 416. The van der Waals surface area contributed by atoms with Crippen molar-refractivity contribution in [2.75, 3.05) is 18.5 Å². The maximum Gasteiger partial charge on any atom is 0.147 e. The second kappa shape index (κ2) is 4.61. The molecule has 3 nitrogen and oxygen atoms in total. The maximum absolute atomic E-state index is 9.06. The van der Waals surface area contributed by atoms with Crippen LogP contribution in [-0.4, -0.2) is 18.6 Å². The molecular weight excluding hydrogens is 186 g/mol. The van der Waals surface area contributed by atoms with Crippen molar-refractivity contribution in [1.82, 2.24) is 4.98 Å². The van der Waals surface area contributed by atoms with Gasteiger partial charge >= 0.3 is 0 Å². The van der Waals surface area contributed by atoms with Gasteiger partial charge in [-0.1, -0.05) is 6.08 Å². The molecule has 0 radical (unpaired) electrons. The van der Waals surface area contributed by atoms with Crippen molar-refractivity contribution >= 4 is 5.82 Å². The highest BCUT2D eigenvalue weighted by Gasteiger charge is 2.11. The number of hydrogen-bond donors (Lipinski definition) is 0. The van der Waals surface area contributed by atoms with E-state index in [4.69, 9.17) is 5.26 Å². The van der Waals surface area contributed by atoms with Crippen molar-refractivity contribution in [3.8, 4) is 6.07 Å². The van der Waals surface area contributed by atoms with Crippen molar-refractivity contribution in [3.05, 3.63) is 35.5 Å². The van der Waals surface area contributed by atoms with Crippen LogP contribution in [0.4, 0.5) is 5.82 Å². The average Bonchev–Trinajstić information content (AvgIpc) is 2.17. The molecule has 0 unspecified atom stereocenters. The van der Waals surface area contributed by atoms with E-state index in [1.807, 2.05) is 31.9 Å². The molecule has 0 aliphatic heterocycles. The normalized spacial score (nSPS) is 9.47. The van der Waals surface area contributed by atoms with Gasteiger partial charge in [0, 0.05) is 19.3 Å². The first-order valence-corrected chi connectivity index (χ1v) is 4.80. The van der Waals surface area contributed by atoms with E-state index in [-0.39, 0.29) is 0 Å². The molecule has 0 aromatic carbocycles. The minimum atomic E-state index is 0.643. The van der Waals surface area contributed by atoms with Crippen LogP contribution in [0.2, 0.25) is 0 Å². The summed E-state index contributed by atoms with van der Waals surface area (Å²) in [6.45, 7) is 8.22. The first kappa shape index (κ1) is 11.3. The zero-order valence-electron chi connectivity index (χ0n) is 9.41. The Morgan fingerprint density at radius 2 is 2.27 bits per heavy atom. The third-order valence-electron chi connectivity index (χ3n) is 2.20. The molecule has 1 aromatic rings. The van der Waals surface area contributed by atoms with Gasteiger partial charge in [-0.05, 0) is 25.5 Å². The largest absolute Gasteiger partial charge is 0.355 e. The Kier molecular flexibility index (Phi) is 3.46. The van der Waals surface area contributed by atoms with E-state index in [1.165, 1.54) is 0 Å². The van der Waals surface area contributed by atoms with E-state index in [2.05, 4.69) is 17.6 Å². The van der Waals surface area contributed by atoms with Crippen molar-refractivity contribution < 1.29 is 0 Å². The second-order valence-corrected chi connectivity index (χ2v) is 3.56. The lowest BCUT2D eigenvalue weighted by Gasteiger charge is -2.18. The molecule has 0 saturated carbocycles. The lowest BCUT2D eigenvalue weighted by atomic mass is 10.1. The van der Waals surface area contributed by atoms with E-state index in [9.17, 15) is 0 Å². The van der Waals surface area contributed by atoms with Gasteiger partial charge in [0.1, 0.15) is 11.9 Å². The molecule has 1 aromatic heterocycles. The SMILES string of the molecule is C=CCN(C)c1nc(C)cc(C)c1C#N. The fourth-order valence-electron chi connectivity index (χ4n) is 1.51. The van der Waals surface area contributed by atoms with E-state index < -0.39 is 0 Å². The number of nitrogens with zero attached hydrogens (tertiary/aromatic N) is 3. The van der Waals surface area contributed by atoms with Crippen molar-refractivity contribution in [2.45, 2.75) is 13.8 Å². The van der Waals surface area contributed by atoms with Crippen LogP contribution in [0, 0.1) is 25.2 Å². The molecule has 0 bridgehead atoms. The number of nitriles is 1. The van der Waals surface area contributed by atoms with Gasteiger partial charge in [-0.25, -0.2) is 4.98 Å². The number of aryl methyl sites for hydroxylation is 2. The Balaban J connectivity index is 3.27. The summed E-state index contributed by atoms with van der Waals surface area (Å²) in [5, 5.41) is 9.06. The van der Waals surface area contributed by atoms with Crippen LogP contribution < -0.4 is 4.90 Å². The van der Waals surface area contributed by atoms with Gasteiger partial charge in [-0.3, -0.25) is 0 Å². The molecule has 0 saturated heterocycles. The number of hydrogen-bond acceptors (Lipinski definition) is 3. The van der Waals surface area contributed by atoms with Crippen LogP contribution in [0.25, 0.3) is 0 Å². The highest BCUT2D eigenvalue weighted by molar-refractivity contribution is 5.57. The van der Waals surface area contributed by atoms with Crippen LogP contribution in [0.3, 0.4) is 0 Å². The molecule has 0 spiro atoms. The molecule has 3 heteroatoms. The van der Waals surface area contributed by atoms with Crippen LogP contribution in [-0.2, 0) is 0 Å². The molecule has 1 rings (SSSR count). The summed E-state index contributed by atoms with van der Waals surface area (Å²) in [5.41, 5.74) is 2.54. The summed E-state index contributed by atoms with van der Waals surface area (Å²) in [5.74, 6) is 0.731. The summed E-state index contributed by atoms with van der Waals surface area (Å²) >= 11 is 0. The minimum Gasteiger partial charge on any atom is -0.355 e. The zero-order chi connectivity index (χ0) is 11.4. The third kappa shape index (κ3) is 2.35. The van der Waals surface area contributed by atoms with Crippen molar-refractivity contribution in [2.24, 2.45) is 0 Å². The molecule has 15 heavy (non-hydrogen) atoms. The van der Waals surface area contributed by atoms with Gasteiger partial charge in [0.25, 0.3) is 0 Å². The Morgan fingerprint density at radius 3 is 2.80 bits per heavy atom. The van der Waals surface area contributed by atoms with Gasteiger partial charge in [-0.2, -0.15) is 5.26 Å². The highest BCUT2D eigenvalue weighted by Crippen LogP contribution is 2.20. The molecule has 0 amide bonds. The smallest absolute Gasteiger partial charge is 0.147 e. The fourth-order valence-corrected chi connectivity index (χ4v) is 1.51. The van der Waals surface area contributed by atoms with Crippen molar-refractivity contribution in [1.29, 1.82) is 5.26 Å². The van der Waals surface area contributed by atoms with Crippen LogP contribution in [0.15, 0.2) is 18.7 Å².